The van der Waals surface area contributed by atoms with E-state index in [2.05, 4.69) is 10.6 Å². The second-order valence-corrected chi connectivity index (χ2v) is 10.4. The topological polar surface area (TPSA) is 120 Å². The highest BCUT2D eigenvalue weighted by molar-refractivity contribution is 7.54. The maximum Gasteiger partial charge on any atom is 0.408 e. The van der Waals surface area contributed by atoms with Crippen LogP contribution in [0.3, 0.4) is 0 Å². The van der Waals surface area contributed by atoms with E-state index in [1.165, 1.54) is 6.92 Å². The number of Topliss-reactive ketones (excluding diaryl/α,β-unsaturated/α-hetero) is 1. The van der Waals surface area contributed by atoms with Gasteiger partial charge >= 0.3 is 13.7 Å². The maximum atomic E-state index is 12.7. The largest absolute Gasteiger partial charge is 0.444 e. The molecule has 0 aromatic rings. The van der Waals surface area contributed by atoms with Gasteiger partial charge in [0.25, 0.3) is 0 Å². The second kappa shape index (κ2) is 13.5. The fourth-order valence-corrected chi connectivity index (χ4v) is 4.31. The first-order chi connectivity index (χ1) is 13.8. The highest BCUT2D eigenvalue weighted by atomic mass is 35.5. The Morgan fingerprint density at radius 1 is 1.00 bits per heavy atom. The van der Waals surface area contributed by atoms with E-state index in [9.17, 15) is 18.9 Å². The Morgan fingerprint density at radius 3 is 1.93 bits per heavy atom. The summed E-state index contributed by atoms with van der Waals surface area (Å²) in [6, 6.07) is -1.05. The predicted octanol–water partition coefficient (Wildman–Crippen LogP) is 3.66. The van der Waals surface area contributed by atoms with Crippen LogP contribution < -0.4 is 10.6 Å². The number of halogens is 2. The van der Waals surface area contributed by atoms with E-state index in [-0.39, 0.29) is 31.4 Å². The molecule has 0 aromatic carbocycles. The average Bonchev–Trinajstić information content (AvgIpc) is 2.62. The zero-order valence-corrected chi connectivity index (χ0v) is 20.7. The van der Waals surface area contributed by atoms with Crippen LogP contribution in [0.25, 0.3) is 0 Å². The summed E-state index contributed by atoms with van der Waals surface area (Å²) in [5.74, 6) is -3.30. The van der Waals surface area contributed by atoms with Crippen LogP contribution >= 0.6 is 30.8 Å². The summed E-state index contributed by atoms with van der Waals surface area (Å²) in [6.07, 6.45) is -1.07. The molecule has 0 fully saturated rings. The molecular weight excluding hydrogens is 458 g/mol. The molecule has 12 heteroatoms. The average molecular weight is 491 g/mol. The molecule has 30 heavy (non-hydrogen) atoms. The molecule has 0 radical (unpaired) electrons. The quantitative estimate of drug-likeness (QED) is 0.298. The fraction of sp³-hybridized carbons (Fsp3) is 0.833. The highest BCUT2D eigenvalue weighted by Crippen LogP contribution is 2.51. The van der Waals surface area contributed by atoms with Crippen molar-refractivity contribution in [2.45, 2.75) is 65.4 Å². The summed E-state index contributed by atoms with van der Waals surface area (Å²) in [6.45, 7) is 10.1. The minimum Gasteiger partial charge on any atom is -0.444 e. The summed E-state index contributed by atoms with van der Waals surface area (Å²) < 4.78 is 28.3. The van der Waals surface area contributed by atoms with Gasteiger partial charge in [0.15, 0.2) is 5.78 Å². The predicted molar refractivity (Wildman–Crippen MR) is 116 cm³/mol. The van der Waals surface area contributed by atoms with Gasteiger partial charge in [0.05, 0.1) is 19.1 Å². The molecule has 0 aromatic heterocycles. The van der Waals surface area contributed by atoms with Gasteiger partial charge < -0.3 is 24.4 Å². The van der Waals surface area contributed by atoms with E-state index < -0.39 is 48.7 Å². The molecule has 0 aliphatic heterocycles. The molecule has 2 N–H and O–H groups in total. The Kier molecular flexibility index (Phi) is 13.1. The van der Waals surface area contributed by atoms with Gasteiger partial charge in [0.1, 0.15) is 17.4 Å². The Balaban J connectivity index is 5.06. The minimum atomic E-state index is -3.57. The summed E-state index contributed by atoms with van der Waals surface area (Å²) in [5.41, 5.74) is -0.742. The van der Waals surface area contributed by atoms with E-state index >= 15 is 0 Å². The van der Waals surface area contributed by atoms with Gasteiger partial charge in [-0.1, -0.05) is 0 Å². The second-order valence-electron chi connectivity index (χ2n) is 7.43. The van der Waals surface area contributed by atoms with Crippen LogP contribution in [0.5, 0.6) is 0 Å². The number of ketones is 1. The standard InChI is InChI=1S/C18H33Cl2N2O7P/c1-7-27-30(26,28-8-2)12(3)21-16(24)13(10-19)9-15(23)14(11-20)22-17(25)29-18(4,5)6/h12-14H,7-11H2,1-6H3,(H,21,24)(H,22,25)/t12-,13+,14+/m1/s1. The maximum absolute atomic E-state index is 12.7. The number of carbonyl (C=O) groups excluding carboxylic acids is 3. The highest BCUT2D eigenvalue weighted by Gasteiger charge is 2.35. The van der Waals surface area contributed by atoms with Crippen LogP contribution in [-0.2, 0) is 27.9 Å². The van der Waals surface area contributed by atoms with Crippen LogP contribution in [0.15, 0.2) is 0 Å². The molecule has 0 heterocycles. The summed E-state index contributed by atoms with van der Waals surface area (Å²) in [7, 11) is -3.57. The Labute approximate surface area is 188 Å². The van der Waals surface area contributed by atoms with Crippen LogP contribution in [0, 0.1) is 5.92 Å². The van der Waals surface area contributed by atoms with Crippen molar-refractivity contribution in [1.29, 1.82) is 0 Å². The van der Waals surface area contributed by atoms with Crippen molar-refractivity contribution in [3.05, 3.63) is 0 Å². The molecule has 0 saturated heterocycles. The first kappa shape index (κ1) is 29.1. The summed E-state index contributed by atoms with van der Waals surface area (Å²) in [5, 5.41) is 4.93. The third-order valence-corrected chi connectivity index (χ3v) is 6.68. The van der Waals surface area contributed by atoms with E-state index in [1.807, 2.05) is 0 Å². The van der Waals surface area contributed by atoms with Crippen LogP contribution in [-0.4, -0.2) is 60.2 Å². The first-order valence-electron chi connectivity index (χ1n) is 9.66. The molecule has 0 spiro atoms. The van der Waals surface area contributed by atoms with E-state index in [0.717, 1.165) is 0 Å². The van der Waals surface area contributed by atoms with Crippen molar-refractivity contribution in [2.75, 3.05) is 25.0 Å². The van der Waals surface area contributed by atoms with Crippen molar-refractivity contribution in [3.63, 3.8) is 0 Å². The van der Waals surface area contributed by atoms with Gasteiger partial charge in [-0.15, -0.1) is 23.2 Å². The first-order valence-corrected chi connectivity index (χ1v) is 12.3. The van der Waals surface area contributed by atoms with E-state index in [1.54, 1.807) is 34.6 Å². The zero-order valence-electron chi connectivity index (χ0n) is 18.3. The number of carbonyl (C=O) groups is 3. The molecule has 0 aliphatic rings. The van der Waals surface area contributed by atoms with Gasteiger partial charge in [0.2, 0.25) is 5.91 Å². The van der Waals surface area contributed by atoms with Gasteiger partial charge in [-0.3, -0.25) is 14.2 Å². The van der Waals surface area contributed by atoms with Gasteiger partial charge in [0, 0.05) is 18.2 Å². The number of amides is 2. The van der Waals surface area contributed by atoms with E-state index in [4.69, 9.17) is 37.0 Å². The Bertz CT molecular complexity index is 618. The number of alkyl carbamates (subject to hydrolysis) is 1. The number of hydrogen-bond acceptors (Lipinski definition) is 7. The van der Waals surface area contributed by atoms with Crippen LogP contribution in [0.2, 0.25) is 0 Å². The molecule has 0 unspecified atom stereocenters. The molecule has 0 aliphatic carbocycles. The van der Waals surface area contributed by atoms with Crippen molar-refractivity contribution >= 4 is 48.6 Å². The number of hydrogen-bond donors (Lipinski definition) is 2. The Morgan fingerprint density at radius 2 is 1.53 bits per heavy atom. The smallest absolute Gasteiger partial charge is 0.408 e. The lowest BCUT2D eigenvalue weighted by Crippen LogP contribution is -2.46. The fourth-order valence-electron chi connectivity index (χ4n) is 2.28. The molecule has 0 rings (SSSR count). The number of ether oxygens (including phenoxy) is 1. The third-order valence-electron chi connectivity index (χ3n) is 3.68. The van der Waals surface area contributed by atoms with Crippen LogP contribution in [0.4, 0.5) is 4.79 Å². The van der Waals surface area contributed by atoms with Crippen molar-refractivity contribution < 1.29 is 32.7 Å². The SMILES string of the molecule is CCOP(=O)(OCC)[C@H](C)NC(=O)[C@H](CCl)CC(=O)[C@H](CCl)NC(=O)OC(C)(C)C. The molecule has 3 atom stereocenters. The lowest BCUT2D eigenvalue weighted by Gasteiger charge is -2.26. The minimum absolute atomic E-state index is 0.142. The third kappa shape index (κ3) is 10.4. The van der Waals surface area contributed by atoms with Gasteiger partial charge in [-0.2, -0.15) is 0 Å². The summed E-state index contributed by atoms with van der Waals surface area (Å²) >= 11 is 11.7. The van der Waals surface area contributed by atoms with Gasteiger partial charge in [-0.25, -0.2) is 4.79 Å². The monoisotopic (exact) mass is 490 g/mol. The van der Waals surface area contributed by atoms with E-state index in [0.29, 0.717) is 0 Å². The molecule has 0 bridgehead atoms. The molecule has 9 nitrogen and oxygen atoms in total. The molecule has 176 valence electrons. The summed E-state index contributed by atoms with van der Waals surface area (Å²) in [4.78, 5) is 37.0. The van der Waals surface area contributed by atoms with Crippen molar-refractivity contribution in [1.82, 2.24) is 10.6 Å². The lowest BCUT2D eigenvalue weighted by molar-refractivity contribution is -0.129. The number of nitrogens with one attached hydrogen (secondary N) is 2. The normalized spacial score (nSPS) is 15.1. The van der Waals surface area contributed by atoms with Gasteiger partial charge in [-0.05, 0) is 41.5 Å². The van der Waals surface area contributed by atoms with Crippen molar-refractivity contribution in [3.8, 4) is 0 Å². The van der Waals surface area contributed by atoms with Crippen molar-refractivity contribution in [2.24, 2.45) is 5.92 Å². The number of rotatable bonds is 13. The lowest BCUT2D eigenvalue weighted by atomic mass is 10.00. The van der Waals surface area contributed by atoms with Crippen LogP contribution in [0.1, 0.15) is 48.0 Å². The number of alkyl halides is 2. The molecule has 2 amide bonds. The molecule has 0 saturated carbocycles. The Hall–Kier alpha value is -0.860. The zero-order chi connectivity index (χ0) is 23.5. The molecular formula is C18H33Cl2N2O7P.